The van der Waals surface area contributed by atoms with Crippen molar-refractivity contribution < 1.29 is 18.9 Å². The first-order valence-corrected chi connectivity index (χ1v) is 8.88. The lowest BCUT2D eigenvalue weighted by molar-refractivity contribution is 0.129. The van der Waals surface area contributed by atoms with Crippen molar-refractivity contribution in [1.82, 2.24) is 10.6 Å². The highest BCUT2D eigenvalue weighted by Crippen LogP contribution is 2.34. The van der Waals surface area contributed by atoms with Crippen molar-refractivity contribution in [3.05, 3.63) is 18.2 Å². The predicted octanol–water partition coefficient (Wildman–Crippen LogP) is 2.17. The van der Waals surface area contributed by atoms with Gasteiger partial charge in [0.15, 0.2) is 17.5 Å². The number of hydrogen-bond donors (Lipinski definition) is 2. The molecule has 0 amide bonds. The van der Waals surface area contributed by atoms with Crippen LogP contribution in [-0.4, -0.2) is 52.7 Å². The Kier molecular flexibility index (Phi) is 8.75. The number of guanidine groups is 1. The van der Waals surface area contributed by atoms with Gasteiger partial charge in [0.25, 0.3) is 0 Å². The Morgan fingerprint density at radius 1 is 1.08 bits per heavy atom. The van der Waals surface area contributed by atoms with E-state index in [1.807, 2.05) is 18.2 Å². The van der Waals surface area contributed by atoms with Crippen LogP contribution in [0.1, 0.15) is 26.2 Å². The van der Waals surface area contributed by atoms with E-state index in [9.17, 15) is 0 Å². The van der Waals surface area contributed by atoms with Crippen molar-refractivity contribution in [2.75, 3.05) is 46.8 Å². The summed E-state index contributed by atoms with van der Waals surface area (Å²) in [4.78, 5) is 4.19. The van der Waals surface area contributed by atoms with Gasteiger partial charge < -0.3 is 29.6 Å². The van der Waals surface area contributed by atoms with Crippen LogP contribution in [-0.2, 0) is 4.74 Å². The molecule has 1 aromatic carbocycles. The Labute approximate surface area is 149 Å². The van der Waals surface area contributed by atoms with Gasteiger partial charge in [-0.25, -0.2) is 0 Å². The van der Waals surface area contributed by atoms with Crippen LogP contribution in [0.4, 0.5) is 0 Å². The van der Waals surface area contributed by atoms with E-state index in [4.69, 9.17) is 18.9 Å². The molecule has 7 nitrogen and oxygen atoms in total. The molecule has 1 aromatic rings. The zero-order valence-electron chi connectivity index (χ0n) is 15.2. The van der Waals surface area contributed by atoms with Crippen molar-refractivity contribution in [2.24, 2.45) is 4.99 Å². The fourth-order valence-electron chi connectivity index (χ4n) is 2.26. The lowest BCUT2D eigenvalue weighted by atomic mass is 10.3. The Morgan fingerprint density at radius 3 is 2.72 bits per heavy atom. The van der Waals surface area contributed by atoms with Crippen LogP contribution >= 0.6 is 0 Å². The predicted molar refractivity (Wildman–Crippen MR) is 97.8 cm³/mol. The molecule has 0 bridgehead atoms. The number of ether oxygens (including phenoxy) is 4. The number of benzene rings is 1. The highest BCUT2D eigenvalue weighted by molar-refractivity contribution is 5.79. The fraction of sp³-hybridized carbons (Fsp3) is 0.611. The molecule has 25 heavy (non-hydrogen) atoms. The lowest BCUT2D eigenvalue weighted by Gasteiger charge is -2.12. The molecule has 0 aromatic heterocycles. The smallest absolute Gasteiger partial charge is 0.231 e. The summed E-state index contributed by atoms with van der Waals surface area (Å²) in [6.07, 6.45) is 3.25. The largest absolute Gasteiger partial charge is 0.492 e. The Hall–Kier alpha value is -2.15. The van der Waals surface area contributed by atoms with Crippen molar-refractivity contribution >= 4 is 5.96 Å². The first-order chi connectivity index (χ1) is 12.3. The number of nitrogens with one attached hydrogen (secondary N) is 2. The summed E-state index contributed by atoms with van der Waals surface area (Å²) >= 11 is 0. The van der Waals surface area contributed by atoms with Gasteiger partial charge in [-0.05, 0) is 25.0 Å². The van der Waals surface area contributed by atoms with E-state index in [1.54, 1.807) is 7.05 Å². The topological polar surface area (TPSA) is 73.3 Å². The zero-order valence-corrected chi connectivity index (χ0v) is 15.2. The zero-order chi connectivity index (χ0) is 17.7. The van der Waals surface area contributed by atoms with Gasteiger partial charge in [-0.2, -0.15) is 0 Å². The van der Waals surface area contributed by atoms with Gasteiger partial charge in [-0.15, -0.1) is 0 Å². The molecule has 0 fully saturated rings. The Bertz CT molecular complexity index is 537. The van der Waals surface area contributed by atoms with E-state index < -0.39 is 0 Å². The minimum Gasteiger partial charge on any atom is -0.492 e. The molecule has 0 unspecified atom stereocenters. The second kappa shape index (κ2) is 11.4. The molecule has 140 valence electrons. The molecule has 2 N–H and O–H groups in total. The lowest BCUT2D eigenvalue weighted by Crippen LogP contribution is -2.39. The van der Waals surface area contributed by atoms with Crippen LogP contribution in [0, 0.1) is 0 Å². The summed E-state index contributed by atoms with van der Waals surface area (Å²) in [5.41, 5.74) is 0. The molecule has 2 rings (SSSR count). The van der Waals surface area contributed by atoms with E-state index in [2.05, 4.69) is 22.5 Å². The van der Waals surface area contributed by atoms with Gasteiger partial charge in [0.2, 0.25) is 6.79 Å². The Morgan fingerprint density at radius 2 is 1.88 bits per heavy atom. The highest BCUT2D eigenvalue weighted by Gasteiger charge is 2.13. The van der Waals surface area contributed by atoms with Gasteiger partial charge in [0.1, 0.15) is 12.4 Å². The molecule has 0 atom stereocenters. The third kappa shape index (κ3) is 7.09. The van der Waals surface area contributed by atoms with Crippen molar-refractivity contribution in [3.8, 4) is 17.2 Å². The quantitative estimate of drug-likeness (QED) is 0.362. The first kappa shape index (κ1) is 19.2. The van der Waals surface area contributed by atoms with Gasteiger partial charge in [-0.1, -0.05) is 13.3 Å². The van der Waals surface area contributed by atoms with Crippen LogP contribution in [0.2, 0.25) is 0 Å². The summed E-state index contributed by atoms with van der Waals surface area (Å²) in [7, 11) is 1.76. The number of hydrogen-bond acceptors (Lipinski definition) is 5. The molecule has 1 heterocycles. The summed E-state index contributed by atoms with van der Waals surface area (Å²) in [5.74, 6) is 3.01. The standard InChI is InChI=1S/C18H29N3O4/c1-3-4-10-22-11-5-8-20-18(19-2)21-9-12-23-15-6-7-16-17(13-15)25-14-24-16/h6-7,13H,3-5,8-12,14H2,1-2H3,(H2,19,20,21). The van der Waals surface area contributed by atoms with Crippen LogP contribution < -0.4 is 24.8 Å². The molecule has 0 spiro atoms. The third-order valence-electron chi connectivity index (χ3n) is 3.63. The summed E-state index contributed by atoms with van der Waals surface area (Å²) in [6.45, 7) is 6.07. The number of nitrogens with zero attached hydrogens (tertiary/aromatic N) is 1. The number of rotatable bonds is 11. The molecular weight excluding hydrogens is 322 g/mol. The van der Waals surface area contributed by atoms with Crippen molar-refractivity contribution in [2.45, 2.75) is 26.2 Å². The average Bonchev–Trinajstić information content (AvgIpc) is 3.10. The monoisotopic (exact) mass is 351 g/mol. The van der Waals surface area contributed by atoms with E-state index in [-0.39, 0.29) is 6.79 Å². The maximum Gasteiger partial charge on any atom is 0.231 e. The van der Waals surface area contributed by atoms with Crippen molar-refractivity contribution in [1.29, 1.82) is 0 Å². The summed E-state index contributed by atoms with van der Waals surface area (Å²) < 4.78 is 21.8. The summed E-state index contributed by atoms with van der Waals surface area (Å²) in [6, 6.07) is 5.57. The number of unbranched alkanes of at least 4 members (excludes halogenated alkanes) is 1. The molecule has 1 aliphatic heterocycles. The minimum atomic E-state index is 0.270. The van der Waals surface area contributed by atoms with Crippen LogP contribution in [0.25, 0.3) is 0 Å². The minimum absolute atomic E-state index is 0.270. The molecule has 0 saturated carbocycles. The normalized spacial score (nSPS) is 13.0. The average molecular weight is 351 g/mol. The fourth-order valence-corrected chi connectivity index (χ4v) is 2.26. The van der Waals surface area contributed by atoms with E-state index in [1.165, 1.54) is 6.42 Å². The molecule has 1 aliphatic rings. The van der Waals surface area contributed by atoms with Crippen LogP contribution in [0.3, 0.4) is 0 Å². The van der Waals surface area contributed by atoms with Gasteiger partial charge in [-0.3, -0.25) is 4.99 Å². The van der Waals surface area contributed by atoms with Gasteiger partial charge >= 0.3 is 0 Å². The highest BCUT2D eigenvalue weighted by atomic mass is 16.7. The van der Waals surface area contributed by atoms with Gasteiger partial charge in [0.05, 0.1) is 6.54 Å². The Balaban J connectivity index is 1.54. The number of fused-ring (bicyclic) bond motifs is 1. The maximum atomic E-state index is 5.71. The third-order valence-corrected chi connectivity index (χ3v) is 3.63. The SMILES string of the molecule is CCCCOCCCNC(=NC)NCCOc1ccc2c(c1)OCO2. The van der Waals surface area contributed by atoms with E-state index in [0.29, 0.717) is 13.2 Å². The molecule has 0 aliphatic carbocycles. The second-order valence-corrected chi connectivity index (χ2v) is 5.61. The van der Waals surface area contributed by atoms with Gasteiger partial charge in [0, 0.05) is 32.9 Å². The number of aliphatic imine (C=N–C) groups is 1. The molecule has 7 heteroatoms. The van der Waals surface area contributed by atoms with E-state index in [0.717, 1.165) is 55.8 Å². The molecular formula is C18H29N3O4. The molecule has 0 saturated heterocycles. The van der Waals surface area contributed by atoms with E-state index >= 15 is 0 Å². The summed E-state index contributed by atoms with van der Waals surface area (Å²) in [5, 5.41) is 6.48. The molecule has 0 radical (unpaired) electrons. The van der Waals surface area contributed by atoms with Crippen LogP contribution in [0.5, 0.6) is 17.2 Å². The second-order valence-electron chi connectivity index (χ2n) is 5.61. The maximum absolute atomic E-state index is 5.71. The van der Waals surface area contributed by atoms with Crippen LogP contribution in [0.15, 0.2) is 23.2 Å². The van der Waals surface area contributed by atoms with Crippen molar-refractivity contribution in [3.63, 3.8) is 0 Å². The first-order valence-electron chi connectivity index (χ1n) is 8.88.